The minimum atomic E-state index is -1.18. The maximum atomic E-state index is 12.4. The van der Waals surface area contributed by atoms with Crippen LogP contribution in [-0.2, 0) is 9.59 Å². The molecule has 3 N–H and O–H groups in total. The van der Waals surface area contributed by atoms with Crippen molar-refractivity contribution in [3.8, 4) is 0 Å². The van der Waals surface area contributed by atoms with E-state index in [1.165, 1.54) is 4.90 Å². The van der Waals surface area contributed by atoms with Crippen LogP contribution in [0.4, 0.5) is 4.79 Å². The first-order valence-electron chi connectivity index (χ1n) is 7.61. The number of hydrogen-bond donors (Lipinski definition) is 3. The van der Waals surface area contributed by atoms with Gasteiger partial charge >= 0.3 is 12.0 Å². The zero-order chi connectivity index (χ0) is 15.3. The third-order valence-corrected chi connectivity index (χ3v) is 4.26. The maximum absolute atomic E-state index is 12.4. The number of nitrogens with zero attached hydrogens (tertiary/aromatic N) is 1. The van der Waals surface area contributed by atoms with Gasteiger partial charge in [-0.15, -0.1) is 0 Å². The van der Waals surface area contributed by atoms with E-state index in [2.05, 4.69) is 10.6 Å². The van der Waals surface area contributed by atoms with Crippen LogP contribution >= 0.6 is 0 Å². The van der Waals surface area contributed by atoms with Crippen molar-refractivity contribution >= 4 is 17.9 Å². The van der Waals surface area contributed by atoms with Crippen LogP contribution in [0.25, 0.3) is 0 Å². The molecule has 3 amide bonds. The standard InChI is InChI=1S/C14H23N3O4/c18-11-10-17(9-5-8-15-11)13(21)16-14(12(19)20)6-3-1-2-4-7-14/h1-10H2,(H,15,18)(H,16,21)(H,19,20). The second kappa shape index (κ2) is 6.78. The van der Waals surface area contributed by atoms with Gasteiger partial charge in [0.25, 0.3) is 0 Å². The Hall–Kier alpha value is -1.79. The largest absolute Gasteiger partial charge is 0.480 e. The van der Waals surface area contributed by atoms with E-state index >= 15 is 0 Å². The molecule has 1 aliphatic carbocycles. The summed E-state index contributed by atoms with van der Waals surface area (Å²) in [6.45, 7) is 0.995. The van der Waals surface area contributed by atoms with Gasteiger partial charge in [0.2, 0.25) is 5.91 Å². The van der Waals surface area contributed by atoms with Gasteiger partial charge in [-0.3, -0.25) is 4.79 Å². The molecule has 0 bridgehead atoms. The Kier molecular flexibility index (Phi) is 5.03. The van der Waals surface area contributed by atoms with Crippen LogP contribution in [-0.4, -0.2) is 53.1 Å². The third kappa shape index (κ3) is 3.86. The molecule has 1 heterocycles. The van der Waals surface area contributed by atoms with Crippen molar-refractivity contribution in [3.05, 3.63) is 0 Å². The number of amides is 3. The highest BCUT2D eigenvalue weighted by atomic mass is 16.4. The minimum Gasteiger partial charge on any atom is -0.480 e. The lowest BCUT2D eigenvalue weighted by atomic mass is 9.90. The highest BCUT2D eigenvalue weighted by molar-refractivity contribution is 5.89. The van der Waals surface area contributed by atoms with Crippen LogP contribution < -0.4 is 10.6 Å². The molecule has 2 rings (SSSR count). The number of rotatable bonds is 2. The van der Waals surface area contributed by atoms with E-state index in [0.29, 0.717) is 32.4 Å². The first kappa shape index (κ1) is 15.6. The van der Waals surface area contributed by atoms with Gasteiger partial charge in [-0.25, -0.2) is 9.59 Å². The predicted octanol–water partition coefficient (Wildman–Crippen LogP) is 0.695. The second-order valence-corrected chi connectivity index (χ2v) is 5.86. The van der Waals surface area contributed by atoms with E-state index in [-0.39, 0.29) is 12.5 Å². The average molecular weight is 297 g/mol. The molecule has 0 spiro atoms. The first-order chi connectivity index (χ1) is 10.0. The van der Waals surface area contributed by atoms with Crippen LogP contribution in [0.5, 0.6) is 0 Å². The normalized spacial score (nSPS) is 22.7. The van der Waals surface area contributed by atoms with E-state index < -0.39 is 17.5 Å². The summed E-state index contributed by atoms with van der Waals surface area (Å²) in [6, 6.07) is -0.448. The van der Waals surface area contributed by atoms with E-state index in [1.807, 2.05) is 0 Å². The van der Waals surface area contributed by atoms with E-state index in [0.717, 1.165) is 25.7 Å². The Labute approximate surface area is 124 Å². The Balaban J connectivity index is 2.06. The molecule has 7 nitrogen and oxygen atoms in total. The number of urea groups is 1. The molecule has 7 heteroatoms. The van der Waals surface area contributed by atoms with E-state index in [4.69, 9.17) is 0 Å². The number of aliphatic carboxylic acids is 1. The smallest absolute Gasteiger partial charge is 0.329 e. The summed E-state index contributed by atoms with van der Waals surface area (Å²) in [4.78, 5) is 36.9. The molecule has 0 atom stereocenters. The molecule has 0 radical (unpaired) electrons. The van der Waals surface area contributed by atoms with Crippen LogP contribution in [0.2, 0.25) is 0 Å². The lowest BCUT2D eigenvalue weighted by Crippen LogP contribution is -2.58. The Bertz CT molecular complexity index is 416. The van der Waals surface area contributed by atoms with Gasteiger partial charge < -0.3 is 20.6 Å². The lowest BCUT2D eigenvalue weighted by Gasteiger charge is -2.32. The van der Waals surface area contributed by atoms with Crippen molar-refractivity contribution in [1.82, 2.24) is 15.5 Å². The van der Waals surface area contributed by atoms with Crippen molar-refractivity contribution in [2.24, 2.45) is 0 Å². The third-order valence-electron chi connectivity index (χ3n) is 4.26. The maximum Gasteiger partial charge on any atom is 0.329 e. The second-order valence-electron chi connectivity index (χ2n) is 5.86. The summed E-state index contributed by atoms with van der Waals surface area (Å²) in [5.41, 5.74) is -1.18. The Morgan fingerprint density at radius 2 is 1.81 bits per heavy atom. The number of hydrogen-bond acceptors (Lipinski definition) is 3. The summed E-state index contributed by atoms with van der Waals surface area (Å²) in [7, 11) is 0. The number of carbonyl (C=O) groups is 3. The molecule has 1 saturated carbocycles. The van der Waals surface area contributed by atoms with Gasteiger partial charge in [-0.1, -0.05) is 25.7 Å². The SMILES string of the molecule is O=C1CN(C(=O)NC2(C(=O)O)CCCCCC2)CCCN1. The van der Waals surface area contributed by atoms with Crippen molar-refractivity contribution < 1.29 is 19.5 Å². The van der Waals surface area contributed by atoms with Gasteiger partial charge in [0.05, 0.1) is 0 Å². The number of carboxylic acids is 1. The van der Waals surface area contributed by atoms with Crippen molar-refractivity contribution in [1.29, 1.82) is 0 Å². The fraction of sp³-hybridized carbons (Fsp3) is 0.786. The molecule has 2 aliphatic rings. The summed E-state index contributed by atoms with van der Waals surface area (Å²) in [5, 5.41) is 15.0. The molecule has 0 aromatic carbocycles. The molecule has 1 aliphatic heterocycles. The van der Waals surface area contributed by atoms with Gasteiger partial charge in [0, 0.05) is 13.1 Å². The van der Waals surface area contributed by atoms with E-state index in [1.54, 1.807) is 0 Å². The molecular formula is C14H23N3O4. The Morgan fingerprint density at radius 3 is 2.43 bits per heavy atom. The summed E-state index contributed by atoms with van der Waals surface area (Å²) in [5.74, 6) is -1.18. The van der Waals surface area contributed by atoms with Crippen molar-refractivity contribution in [2.75, 3.05) is 19.6 Å². The molecular weight excluding hydrogens is 274 g/mol. The zero-order valence-electron chi connectivity index (χ0n) is 12.2. The fourth-order valence-electron chi connectivity index (χ4n) is 2.99. The molecule has 1 saturated heterocycles. The average Bonchev–Trinajstić information content (AvgIpc) is 2.80. The quantitative estimate of drug-likeness (QED) is 0.653. The molecule has 118 valence electrons. The van der Waals surface area contributed by atoms with Gasteiger partial charge in [0.15, 0.2) is 0 Å². The van der Waals surface area contributed by atoms with E-state index in [9.17, 15) is 19.5 Å². The van der Waals surface area contributed by atoms with Gasteiger partial charge in [-0.05, 0) is 19.3 Å². The first-order valence-corrected chi connectivity index (χ1v) is 7.61. The number of nitrogens with one attached hydrogen (secondary N) is 2. The fourth-order valence-corrected chi connectivity index (χ4v) is 2.99. The molecule has 0 aromatic heterocycles. The van der Waals surface area contributed by atoms with Crippen LogP contribution in [0.3, 0.4) is 0 Å². The highest BCUT2D eigenvalue weighted by Gasteiger charge is 2.41. The van der Waals surface area contributed by atoms with Crippen LogP contribution in [0.1, 0.15) is 44.9 Å². The topological polar surface area (TPSA) is 98.7 Å². The Morgan fingerprint density at radius 1 is 1.14 bits per heavy atom. The summed E-state index contributed by atoms with van der Waals surface area (Å²) in [6.07, 6.45) is 5.18. The van der Waals surface area contributed by atoms with Crippen molar-refractivity contribution in [3.63, 3.8) is 0 Å². The summed E-state index contributed by atoms with van der Waals surface area (Å²) >= 11 is 0. The van der Waals surface area contributed by atoms with Gasteiger partial charge in [0.1, 0.15) is 12.1 Å². The lowest BCUT2D eigenvalue weighted by molar-refractivity contribution is -0.145. The minimum absolute atomic E-state index is 0.0124. The van der Waals surface area contributed by atoms with Crippen molar-refractivity contribution in [2.45, 2.75) is 50.5 Å². The molecule has 2 fully saturated rings. The molecule has 0 aromatic rings. The van der Waals surface area contributed by atoms with Crippen LogP contribution in [0.15, 0.2) is 0 Å². The highest BCUT2D eigenvalue weighted by Crippen LogP contribution is 2.27. The van der Waals surface area contributed by atoms with Crippen LogP contribution in [0, 0.1) is 0 Å². The zero-order valence-corrected chi connectivity index (χ0v) is 12.2. The molecule has 21 heavy (non-hydrogen) atoms. The van der Waals surface area contributed by atoms with Gasteiger partial charge in [-0.2, -0.15) is 0 Å². The number of carbonyl (C=O) groups excluding carboxylic acids is 2. The molecule has 0 unspecified atom stereocenters. The number of carboxylic acid groups (broad SMARTS) is 1. The predicted molar refractivity (Wildman–Crippen MR) is 75.8 cm³/mol. The summed E-state index contributed by atoms with van der Waals surface area (Å²) < 4.78 is 0. The monoisotopic (exact) mass is 297 g/mol.